The summed E-state index contributed by atoms with van der Waals surface area (Å²) in [5, 5.41) is 6.75. The first-order valence-corrected chi connectivity index (χ1v) is 10.7. The Morgan fingerprint density at radius 3 is 2.63 bits per heavy atom. The molecular weight excluding hydrogens is 354 g/mol. The summed E-state index contributed by atoms with van der Waals surface area (Å²) in [6, 6.07) is 8.76. The number of aliphatic imine (C=N–C) groups is 1. The van der Waals surface area contributed by atoms with Crippen LogP contribution < -0.4 is 5.32 Å². The molecular formula is C21H31N5S. The SMILES string of the molecule is CN=C(NCc1ccccc1CN1CCCCC1)N(C)Cc1csc(C)n1. The van der Waals surface area contributed by atoms with Gasteiger partial charge in [-0.05, 0) is 44.0 Å². The van der Waals surface area contributed by atoms with E-state index < -0.39 is 0 Å². The van der Waals surface area contributed by atoms with Crippen molar-refractivity contribution in [1.29, 1.82) is 0 Å². The first-order valence-electron chi connectivity index (χ1n) is 9.77. The van der Waals surface area contributed by atoms with E-state index in [1.807, 2.05) is 14.0 Å². The Labute approximate surface area is 167 Å². The molecule has 1 N–H and O–H groups in total. The molecule has 1 aliphatic heterocycles. The number of nitrogens with one attached hydrogen (secondary N) is 1. The first kappa shape index (κ1) is 19.8. The highest BCUT2D eigenvalue weighted by atomic mass is 32.1. The minimum absolute atomic E-state index is 0.763. The van der Waals surface area contributed by atoms with E-state index in [2.05, 4.69) is 61.8 Å². The number of rotatable bonds is 6. The highest BCUT2D eigenvalue weighted by Gasteiger charge is 2.13. The lowest BCUT2D eigenvalue weighted by Crippen LogP contribution is -2.38. The fourth-order valence-electron chi connectivity index (χ4n) is 3.60. The van der Waals surface area contributed by atoms with Crippen molar-refractivity contribution in [1.82, 2.24) is 20.1 Å². The van der Waals surface area contributed by atoms with Crippen molar-refractivity contribution in [3.8, 4) is 0 Å². The Morgan fingerprint density at radius 2 is 1.96 bits per heavy atom. The summed E-state index contributed by atoms with van der Waals surface area (Å²) in [6.07, 6.45) is 4.03. The number of hydrogen-bond donors (Lipinski definition) is 1. The molecule has 0 aliphatic carbocycles. The summed E-state index contributed by atoms with van der Waals surface area (Å²) in [6.45, 7) is 7.08. The van der Waals surface area contributed by atoms with Crippen LogP contribution in [0.2, 0.25) is 0 Å². The van der Waals surface area contributed by atoms with Gasteiger partial charge >= 0.3 is 0 Å². The van der Waals surface area contributed by atoms with Crippen LogP contribution in [0.3, 0.4) is 0 Å². The standard InChI is InChI=1S/C21H31N5S/c1-17-24-20(16-27-17)15-25(3)21(22-2)23-13-18-9-5-6-10-19(18)14-26-11-7-4-8-12-26/h5-6,9-10,16H,4,7-8,11-15H2,1-3H3,(H,22,23). The molecule has 1 fully saturated rings. The Balaban J connectivity index is 1.59. The summed E-state index contributed by atoms with van der Waals surface area (Å²) in [7, 11) is 3.90. The number of aromatic nitrogens is 1. The van der Waals surface area contributed by atoms with Gasteiger partial charge in [0, 0.05) is 32.6 Å². The van der Waals surface area contributed by atoms with Gasteiger partial charge in [0.1, 0.15) is 0 Å². The normalized spacial score (nSPS) is 15.7. The number of thiazole rings is 1. The van der Waals surface area contributed by atoms with Crippen LogP contribution in [0.1, 0.15) is 41.1 Å². The van der Waals surface area contributed by atoms with Gasteiger partial charge in [0.25, 0.3) is 0 Å². The van der Waals surface area contributed by atoms with Gasteiger partial charge in [0.05, 0.1) is 17.2 Å². The van der Waals surface area contributed by atoms with Crippen LogP contribution in [0.15, 0.2) is 34.6 Å². The number of benzene rings is 1. The average Bonchev–Trinajstić information content (AvgIpc) is 3.09. The van der Waals surface area contributed by atoms with Crippen molar-refractivity contribution in [3.63, 3.8) is 0 Å². The van der Waals surface area contributed by atoms with Crippen LogP contribution in [-0.4, -0.2) is 47.9 Å². The fourth-order valence-corrected chi connectivity index (χ4v) is 4.20. The summed E-state index contributed by atoms with van der Waals surface area (Å²) in [5.41, 5.74) is 3.86. The van der Waals surface area contributed by atoms with E-state index in [0.29, 0.717) is 0 Å². The van der Waals surface area contributed by atoms with E-state index >= 15 is 0 Å². The lowest BCUT2D eigenvalue weighted by Gasteiger charge is -2.27. The van der Waals surface area contributed by atoms with Gasteiger partial charge < -0.3 is 10.2 Å². The molecule has 0 amide bonds. The van der Waals surface area contributed by atoms with Crippen molar-refractivity contribution in [2.24, 2.45) is 4.99 Å². The second-order valence-corrected chi connectivity index (χ2v) is 8.28. The predicted octanol–water partition coefficient (Wildman–Crippen LogP) is 3.64. The van der Waals surface area contributed by atoms with Gasteiger partial charge in [-0.3, -0.25) is 9.89 Å². The molecule has 0 radical (unpaired) electrons. The zero-order valence-corrected chi connectivity index (χ0v) is 17.6. The van der Waals surface area contributed by atoms with Crippen LogP contribution in [0.4, 0.5) is 0 Å². The minimum atomic E-state index is 0.763. The molecule has 0 atom stereocenters. The third-order valence-electron chi connectivity index (χ3n) is 5.04. The van der Waals surface area contributed by atoms with Gasteiger partial charge in [-0.2, -0.15) is 0 Å². The van der Waals surface area contributed by atoms with E-state index in [1.165, 1.54) is 43.5 Å². The largest absolute Gasteiger partial charge is 0.352 e. The minimum Gasteiger partial charge on any atom is -0.352 e. The van der Waals surface area contributed by atoms with E-state index in [-0.39, 0.29) is 0 Å². The molecule has 2 heterocycles. The molecule has 3 rings (SSSR count). The van der Waals surface area contributed by atoms with Crippen molar-refractivity contribution in [3.05, 3.63) is 51.5 Å². The molecule has 6 heteroatoms. The first-order chi connectivity index (χ1) is 13.2. The summed E-state index contributed by atoms with van der Waals surface area (Å²) in [4.78, 5) is 13.7. The van der Waals surface area contributed by atoms with Crippen LogP contribution in [0.5, 0.6) is 0 Å². The van der Waals surface area contributed by atoms with Crippen molar-refractivity contribution < 1.29 is 0 Å². The van der Waals surface area contributed by atoms with Gasteiger partial charge in [-0.1, -0.05) is 30.7 Å². The topological polar surface area (TPSA) is 43.8 Å². The molecule has 27 heavy (non-hydrogen) atoms. The number of aryl methyl sites for hydroxylation is 1. The Hall–Kier alpha value is -1.92. The molecule has 5 nitrogen and oxygen atoms in total. The van der Waals surface area contributed by atoms with Crippen molar-refractivity contribution in [2.45, 2.75) is 45.8 Å². The third-order valence-corrected chi connectivity index (χ3v) is 5.86. The molecule has 0 bridgehead atoms. The van der Waals surface area contributed by atoms with Gasteiger partial charge in [0.15, 0.2) is 5.96 Å². The summed E-state index contributed by atoms with van der Waals surface area (Å²) in [5.74, 6) is 0.897. The zero-order valence-electron chi connectivity index (χ0n) is 16.7. The van der Waals surface area contributed by atoms with E-state index in [0.717, 1.165) is 36.3 Å². The van der Waals surface area contributed by atoms with Gasteiger partial charge in [-0.25, -0.2) is 4.98 Å². The smallest absolute Gasteiger partial charge is 0.194 e. The Morgan fingerprint density at radius 1 is 1.22 bits per heavy atom. The number of nitrogens with zero attached hydrogens (tertiary/aromatic N) is 4. The molecule has 146 valence electrons. The molecule has 1 aromatic carbocycles. The average molecular weight is 386 g/mol. The molecule has 1 saturated heterocycles. The molecule has 1 aromatic heterocycles. The molecule has 0 unspecified atom stereocenters. The van der Waals surface area contributed by atoms with Crippen LogP contribution in [-0.2, 0) is 19.6 Å². The molecule has 0 saturated carbocycles. The highest BCUT2D eigenvalue weighted by molar-refractivity contribution is 7.09. The lowest BCUT2D eigenvalue weighted by molar-refractivity contribution is 0.220. The molecule has 2 aromatic rings. The van der Waals surface area contributed by atoms with Crippen LogP contribution in [0, 0.1) is 6.92 Å². The van der Waals surface area contributed by atoms with Gasteiger partial charge in [-0.15, -0.1) is 11.3 Å². The predicted molar refractivity (Wildman–Crippen MR) is 114 cm³/mol. The summed E-state index contributed by atoms with van der Waals surface area (Å²) < 4.78 is 0. The maximum Gasteiger partial charge on any atom is 0.194 e. The number of likely N-dealkylation sites (tertiary alicyclic amines) is 1. The second-order valence-electron chi connectivity index (χ2n) is 7.22. The Bertz CT molecular complexity index is 749. The number of piperidine rings is 1. The maximum atomic E-state index is 4.55. The van der Waals surface area contributed by atoms with Crippen molar-refractivity contribution >= 4 is 17.3 Å². The van der Waals surface area contributed by atoms with E-state index in [4.69, 9.17) is 0 Å². The maximum absolute atomic E-state index is 4.55. The van der Waals surface area contributed by atoms with E-state index in [1.54, 1.807) is 11.3 Å². The zero-order chi connectivity index (χ0) is 19.1. The quantitative estimate of drug-likeness (QED) is 0.609. The van der Waals surface area contributed by atoms with E-state index in [9.17, 15) is 0 Å². The van der Waals surface area contributed by atoms with Crippen LogP contribution in [0.25, 0.3) is 0 Å². The van der Waals surface area contributed by atoms with Crippen molar-refractivity contribution in [2.75, 3.05) is 27.2 Å². The lowest BCUT2D eigenvalue weighted by atomic mass is 10.0. The third kappa shape index (κ3) is 5.78. The highest BCUT2D eigenvalue weighted by Crippen LogP contribution is 2.16. The monoisotopic (exact) mass is 385 g/mol. The molecule has 0 spiro atoms. The van der Waals surface area contributed by atoms with Crippen LogP contribution >= 0.6 is 11.3 Å². The number of guanidine groups is 1. The summed E-state index contributed by atoms with van der Waals surface area (Å²) >= 11 is 1.69. The molecule has 1 aliphatic rings. The second kappa shape index (κ2) is 9.85. The van der Waals surface area contributed by atoms with Gasteiger partial charge in [0.2, 0.25) is 0 Å². The Kier molecular flexibility index (Phi) is 7.24. The fraction of sp³-hybridized carbons (Fsp3) is 0.524. The number of hydrogen-bond acceptors (Lipinski definition) is 4.